The molecule has 1 amide bonds. The third-order valence-corrected chi connectivity index (χ3v) is 5.05. The number of likely N-dealkylation sites (tertiary alicyclic amines) is 1. The predicted molar refractivity (Wildman–Crippen MR) is 89.1 cm³/mol. The van der Waals surface area contributed by atoms with Crippen LogP contribution in [0.2, 0.25) is 5.02 Å². The Hall–Kier alpha value is -0.0400. The van der Waals surface area contributed by atoms with Crippen LogP contribution in [0.5, 0.6) is 0 Å². The molecule has 1 aromatic rings. The minimum atomic E-state index is 0. The number of nitrogens with two attached hydrogens (primary N) is 1. The molecular weight excluding hydrogens is 398 g/mol. The molecule has 1 aliphatic heterocycles. The summed E-state index contributed by atoms with van der Waals surface area (Å²) in [6, 6.07) is 5.39. The van der Waals surface area contributed by atoms with Gasteiger partial charge in [-0.1, -0.05) is 18.5 Å². The second-order valence-corrected chi connectivity index (χ2v) is 6.69. The number of benzene rings is 1. The molecule has 1 fully saturated rings. The van der Waals surface area contributed by atoms with E-state index in [4.69, 9.17) is 17.3 Å². The lowest BCUT2D eigenvalue weighted by Crippen LogP contribution is -2.34. The summed E-state index contributed by atoms with van der Waals surface area (Å²) >= 11 is 8.10. The SMILES string of the molecule is CC1(CN)CCN(C(=O)c2ccc(Cl)c(I)c2)C1.Cl. The molecule has 1 aromatic carbocycles. The number of nitrogens with zero attached hydrogens (tertiary/aromatic N) is 1. The quantitative estimate of drug-likeness (QED) is 0.755. The van der Waals surface area contributed by atoms with Gasteiger partial charge >= 0.3 is 0 Å². The van der Waals surface area contributed by atoms with Gasteiger partial charge in [-0.25, -0.2) is 0 Å². The number of halogens is 3. The molecule has 2 rings (SSSR count). The zero-order chi connectivity index (χ0) is 13.3. The summed E-state index contributed by atoms with van der Waals surface area (Å²) < 4.78 is 0.904. The van der Waals surface area contributed by atoms with Crippen molar-refractivity contribution >= 4 is 52.5 Å². The maximum absolute atomic E-state index is 12.4. The van der Waals surface area contributed by atoms with E-state index in [1.165, 1.54) is 0 Å². The molecule has 6 heteroatoms. The fourth-order valence-corrected chi connectivity index (χ4v) is 2.81. The van der Waals surface area contributed by atoms with E-state index in [-0.39, 0.29) is 23.7 Å². The van der Waals surface area contributed by atoms with Crippen LogP contribution in [-0.4, -0.2) is 30.4 Å². The van der Waals surface area contributed by atoms with Crippen molar-refractivity contribution in [3.63, 3.8) is 0 Å². The molecule has 0 aliphatic carbocycles. The summed E-state index contributed by atoms with van der Waals surface area (Å²) in [5.74, 6) is 0.0711. The summed E-state index contributed by atoms with van der Waals surface area (Å²) in [5, 5.41) is 0.681. The van der Waals surface area contributed by atoms with Crippen LogP contribution >= 0.6 is 46.6 Å². The van der Waals surface area contributed by atoms with Crippen molar-refractivity contribution in [2.45, 2.75) is 13.3 Å². The Morgan fingerprint density at radius 1 is 1.58 bits per heavy atom. The molecule has 0 aromatic heterocycles. The normalized spacial score (nSPS) is 22.2. The van der Waals surface area contributed by atoms with Gasteiger partial charge in [-0.15, -0.1) is 12.4 Å². The third kappa shape index (κ3) is 3.74. The van der Waals surface area contributed by atoms with Crippen LogP contribution in [0.1, 0.15) is 23.7 Å². The molecule has 3 nitrogen and oxygen atoms in total. The van der Waals surface area contributed by atoms with E-state index in [9.17, 15) is 4.79 Å². The molecule has 1 unspecified atom stereocenters. The predicted octanol–water partition coefficient (Wildman–Crippen LogP) is 3.18. The molecule has 19 heavy (non-hydrogen) atoms. The fraction of sp³-hybridized carbons (Fsp3) is 0.462. The molecule has 0 radical (unpaired) electrons. The second kappa shape index (κ2) is 6.61. The van der Waals surface area contributed by atoms with Gasteiger partial charge in [0.05, 0.1) is 5.02 Å². The van der Waals surface area contributed by atoms with E-state index in [1.54, 1.807) is 12.1 Å². The topological polar surface area (TPSA) is 46.3 Å². The van der Waals surface area contributed by atoms with E-state index in [2.05, 4.69) is 29.5 Å². The standard InChI is InChI=1S/C13H16ClIN2O.ClH/c1-13(7-16)4-5-17(8-13)12(18)9-2-3-10(14)11(15)6-9;/h2-3,6H,4-5,7-8,16H2,1H3;1H. The molecule has 0 saturated carbocycles. The van der Waals surface area contributed by atoms with E-state index in [1.807, 2.05) is 11.0 Å². The minimum Gasteiger partial charge on any atom is -0.338 e. The maximum Gasteiger partial charge on any atom is 0.253 e. The first-order valence-corrected chi connectivity index (χ1v) is 7.35. The van der Waals surface area contributed by atoms with Crippen molar-refractivity contribution in [1.82, 2.24) is 4.90 Å². The average molecular weight is 415 g/mol. The van der Waals surface area contributed by atoms with Gasteiger partial charge in [-0.05, 0) is 59.2 Å². The molecule has 2 N–H and O–H groups in total. The van der Waals surface area contributed by atoms with Crippen molar-refractivity contribution in [3.8, 4) is 0 Å². The minimum absolute atomic E-state index is 0. The van der Waals surface area contributed by atoms with Crippen LogP contribution in [-0.2, 0) is 0 Å². The van der Waals surface area contributed by atoms with E-state index in [0.717, 1.165) is 23.1 Å². The number of hydrogen-bond donors (Lipinski definition) is 1. The molecule has 1 heterocycles. The lowest BCUT2D eigenvalue weighted by molar-refractivity contribution is 0.0777. The van der Waals surface area contributed by atoms with Gasteiger partial charge in [0.25, 0.3) is 5.91 Å². The molecular formula is C13H17Cl2IN2O. The Kier molecular flexibility index (Phi) is 5.92. The first-order valence-electron chi connectivity index (χ1n) is 5.90. The summed E-state index contributed by atoms with van der Waals surface area (Å²) in [6.45, 7) is 4.27. The van der Waals surface area contributed by atoms with Crippen LogP contribution in [0.4, 0.5) is 0 Å². The van der Waals surface area contributed by atoms with Gasteiger partial charge in [0, 0.05) is 22.2 Å². The Morgan fingerprint density at radius 2 is 2.26 bits per heavy atom. The van der Waals surface area contributed by atoms with Gasteiger partial charge in [0.1, 0.15) is 0 Å². The summed E-state index contributed by atoms with van der Waals surface area (Å²) in [4.78, 5) is 14.2. The monoisotopic (exact) mass is 414 g/mol. The van der Waals surface area contributed by atoms with Gasteiger partial charge < -0.3 is 10.6 Å². The van der Waals surface area contributed by atoms with Crippen LogP contribution in [0.25, 0.3) is 0 Å². The molecule has 1 atom stereocenters. The summed E-state index contributed by atoms with van der Waals surface area (Å²) in [7, 11) is 0. The Morgan fingerprint density at radius 3 is 2.79 bits per heavy atom. The molecule has 1 aliphatic rings. The molecule has 106 valence electrons. The Labute approximate surface area is 138 Å². The Bertz CT molecular complexity index is 484. The smallest absolute Gasteiger partial charge is 0.253 e. The van der Waals surface area contributed by atoms with Crippen LogP contribution in [0.15, 0.2) is 18.2 Å². The third-order valence-electron chi connectivity index (χ3n) is 3.50. The Balaban J connectivity index is 0.00000180. The molecule has 0 spiro atoms. The van der Waals surface area contributed by atoms with Gasteiger partial charge in [0.2, 0.25) is 0 Å². The first kappa shape index (κ1) is 17.0. The summed E-state index contributed by atoms with van der Waals surface area (Å²) in [6.07, 6.45) is 0.972. The number of amides is 1. The highest BCUT2D eigenvalue weighted by molar-refractivity contribution is 14.1. The van der Waals surface area contributed by atoms with Crippen LogP contribution in [0.3, 0.4) is 0 Å². The summed E-state index contributed by atoms with van der Waals surface area (Å²) in [5.41, 5.74) is 6.52. The van der Waals surface area contributed by atoms with Crippen molar-refractivity contribution in [2.24, 2.45) is 11.1 Å². The lowest BCUT2D eigenvalue weighted by atomic mass is 9.90. The second-order valence-electron chi connectivity index (χ2n) is 5.12. The van der Waals surface area contributed by atoms with Crippen LogP contribution < -0.4 is 5.73 Å². The van der Waals surface area contributed by atoms with Crippen LogP contribution in [0, 0.1) is 8.99 Å². The zero-order valence-electron chi connectivity index (χ0n) is 10.7. The van der Waals surface area contributed by atoms with E-state index < -0.39 is 0 Å². The highest BCUT2D eigenvalue weighted by atomic mass is 127. The van der Waals surface area contributed by atoms with Crippen molar-refractivity contribution < 1.29 is 4.79 Å². The zero-order valence-corrected chi connectivity index (χ0v) is 14.4. The number of carbonyl (C=O) groups excluding carboxylic acids is 1. The van der Waals surface area contributed by atoms with Crippen molar-refractivity contribution in [3.05, 3.63) is 32.4 Å². The first-order chi connectivity index (χ1) is 8.45. The lowest BCUT2D eigenvalue weighted by Gasteiger charge is -2.22. The maximum atomic E-state index is 12.4. The molecule has 0 bridgehead atoms. The van der Waals surface area contributed by atoms with Gasteiger partial charge in [-0.3, -0.25) is 4.79 Å². The fourth-order valence-electron chi connectivity index (χ4n) is 2.18. The van der Waals surface area contributed by atoms with E-state index >= 15 is 0 Å². The van der Waals surface area contributed by atoms with Gasteiger partial charge in [-0.2, -0.15) is 0 Å². The average Bonchev–Trinajstić information content (AvgIpc) is 2.75. The van der Waals surface area contributed by atoms with Crippen molar-refractivity contribution in [2.75, 3.05) is 19.6 Å². The molecule has 1 saturated heterocycles. The van der Waals surface area contributed by atoms with E-state index in [0.29, 0.717) is 17.1 Å². The number of hydrogen-bond acceptors (Lipinski definition) is 2. The highest BCUT2D eigenvalue weighted by Gasteiger charge is 2.35. The van der Waals surface area contributed by atoms with Gasteiger partial charge in [0.15, 0.2) is 0 Å². The number of carbonyl (C=O) groups is 1. The number of rotatable bonds is 2. The van der Waals surface area contributed by atoms with Crippen molar-refractivity contribution in [1.29, 1.82) is 0 Å². The highest BCUT2D eigenvalue weighted by Crippen LogP contribution is 2.30. The largest absolute Gasteiger partial charge is 0.338 e.